The van der Waals surface area contributed by atoms with Gasteiger partial charge >= 0.3 is 5.97 Å². The number of nitrogens with one attached hydrogen (secondary N) is 1. The first-order chi connectivity index (χ1) is 7.74. The highest BCUT2D eigenvalue weighted by Crippen LogP contribution is 2.39. The molecule has 2 fully saturated rings. The molecule has 0 amide bonds. The quantitative estimate of drug-likeness (QED) is 0.694. The van der Waals surface area contributed by atoms with Crippen LogP contribution in [0, 0.1) is 11.8 Å². The third-order valence-corrected chi connectivity index (χ3v) is 3.91. The fourth-order valence-corrected chi connectivity index (χ4v) is 3.03. The van der Waals surface area contributed by atoms with Gasteiger partial charge in [-0.3, -0.25) is 4.79 Å². The van der Waals surface area contributed by atoms with Crippen molar-refractivity contribution in [1.29, 1.82) is 0 Å². The predicted octanol–water partition coefficient (Wildman–Crippen LogP) is 1.25. The van der Waals surface area contributed by atoms with Crippen molar-refractivity contribution in [2.24, 2.45) is 11.8 Å². The van der Waals surface area contributed by atoms with E-state index in [1.807, 2.05) is 0 Å². The van der Waals surface area contributed by atoms with Crippen LogP contribution in [0.3, 0.4) is 0 Å². The predicted molar refractivity (Wildman–Crippen MR) is 60.3 cm³/mol. The second-order valence-electron chi connectivity index (χ2n) is 4.89. The molecule has 2 aliphatic rings. The minimum atomic E-state index is -0.707. The molecule has 1 aliphatic carbocycles. The van der Waals surface area contributed by atoms with Crippen LogP contribution in [0.1, 0.15) is 32.6 Å². The molecule has 1 heterocycles. The number of unbranched alkanes of at least 4 members (excludes halogenated alkanes) is 1. The van der Waals surface area contributed by atoms with Crippen molar-refractivity contribution in [1.82, 2.24) is 5.32 Å². The average Bonchev–Trinajstić information content (AvgIpc) is 2.80. The number of fused-ring (bicyclic) bond motifs is 1. The number of carbonyl (C=O) groups is 1. The maximum Gasteiger partial charge on any atom is 0.320 e. The lowest BCUT2D eigenvalue weighted by atomic mass is 9.93. The summed E-state index contributed by atoms with van der Waals surface area (Å²) in [5, 5.41) is 12.2. The number of hydrogen-bond donors (Lipinski definition) is 2. The van der Waals surface area contributed by atoms with E-state index < -0.39 is 5.97 Å². The molecule has 2 rings (SSSR count). The van der Waals surface area contributed by atoms with Crippen molar-refractivity contribution in [2.75, 3.05) is 13.2 Å². The van der Waals surface area contributed by atoms with Gasteiger partial charge in [0.2, 0.25) is 0 Å². The Labute approximate surface area is 96.4 Å². The maximum atomic E-state index is 11.0. The van der Waals surface area contributed by atoms with Crippen molar-refractivity contribution in [3.63, 3.8) is 0 Å². The van der Waals surface area contributed by atoms with Crippen molar-refractivity contribution in [3.8, 4) is 0 Å². The molecule has 16 heavy (non-hydrogen) atoms. The molecule has 92 valence electrons. The normalized spacial score (nSPS) is 37.6. The summed E-state index contributed by atoms with van der Waals surface area (Å²) in [6, 6.07) is -0.343. The molecule has 2 N–H and O–H groups in total. The molecule has 1 saturated carbocycles. The van der Waals surface area contributed by atoms with E-state index in [0.717, 1.165) is 38.8 Å². The topological polar surface area (TPSA) is 58.6 Å². The number of hydrogen-bond acceptors (Lipinski definition) is 3. The molecule has 4 heteroatoms. The van der Waals surface area contributed by atoms with E-state index >= 15 is 0 Å². The van der Waals surface area contributed by atoms with Gasteiger partial charge < -0.3 is 15.2 Å². The standard InChI is InChI=1S/C12H21NO3/c1-2-3-6-16-10-5-4-8-9(10)7-13-11(8)12(14)15/h8-11,13H,2-7H2,1H3,(H,14,15). The minimum absolute atomic E-state index is 0.282. The van der Waals surface area contributed by atoms with E-state index in [2.05, 4.69) is 12.2 Å². The van der Waals surface area contributed by atoms with Crippen molar-refractivity contribution < 1.29 is 14.6 Å². The van der Waals surface area contributed by atoms with E-state index in [9.17, 15) is 4.79 Å². The van der Waals surface area contributed by atoms with Gasteiger partial charge in [-0.05, 0) is 25.2 Å². The Kier molecular flexibility index (Phi) is 3.82. The summed E-state index contributed by atoms with van der Waals surface area (Å²) in [5.41, 5.74) is 0. The first kappa shape index (κ1) is 11.9. The molecule has 0 aromatic carbocycles. The maximum absolute atomic E-state index is 11.0. The van der Waals surface area contributed by atoms with Crippen molar-refractivity contribution in [2.45, 2.75) is 44.8 Å². The Morgan fingerprint density at radius 2 is 2.25 bits per heavy atom. The highest BCUT2D eigenvalue weighted by molar-refractivity contribution is 5.74. The van der Waals surface area contributed by atoms with Gasteiger partial charge in [-0.2, -0.15) is 0 Å². The number of rotatable bonds is 5. The van der Waals surface area contributed by atoms with E-state index in [1.165, 1.54) is 0 Å². The lowest BCUT2D eigenvalue weighted by molar-refractivity contribution is -0.140. The molecule has 0 radical (unpaired) electrons. The first-order valence-electron chi connectivity index (χ1n) is 6.31. The molecule has 4 unspecified atom stereocenters. The zero-order valence-electron chi connectivity index (χ0n) is 9.82. The second kappa shape index (κ2) is 5.15. The molecule has 0 spiro atoms. The first-order valence-corrected chi connectivity index (χ1v) is 6.31. The van der Waals surface area contributed by atoms with Crippen LogP contribution in [0.25, 0.3) is 0 Å². The molecule has 4 atom stereocenters. The zero-order chi connectivity index (χ0) is 11.5. The molecular weight excluding hydrogens is 206 g/mol. The summed E-state index contributed by atoms with van der Waals surface area (Å²) in [7, 11) is 0. The second-order valence-corrected chi connectivity index (χ2v) is 4.89. The largest absolute Gasteiger partial charge is 0.480 e. The van der Waals surface area contributed by atoms with Crippen LogP contribution >= 0.6 is 0 Å². The van der Waals surface area contributed by atoms with Crippen LogP contribution in [0.2, 0.25) is 0 Å². The number of ether oxygens (including phenoxy) is 1. The van der Waals surface area contributed by atoms with E-state index in [4.69, 9.17) is 9.84 Å². The fourth-order valence-electron chi connectivity index (χ4n) is 3.03. The molecule has 0 aromatic heterocycles. The minimum Gasteiger partial charge on any atom is -0.480 e. The number of aliphatic carboxylic acids is 1. The van der Waals surface area contributed by atoms with Gasteiger partial charge in [0.25, 0.3) is 0 Å². The van der Waals surface area contributed by atoms with Gasteiger partial charge in [-0.25, -0.2) is 0 Å². The Bertz CT molecular complexity index is 257. The van der Waals surface area contributed by atoms with Gasteiger partial charge in [0.15, 0.2) is 0 Å². The summed E-state index contributed by atoms with van der Waals surface area (Å²) in [6.07, 6.45) is 4.56. The summed E-state index contributed by atoms with van der Waals surface area (Å²) >= 11 is 0. The Morgan fingerprint density at radius 3 is 2.94 bits per heavy atom. The molecule has 0 aromatic rings. The summed E-state index contributed by atoms with van der Waals surface area (Å²) in [5.74, 6) is -0.0104. The molecule has 1 saturated heterocycles. The highest BCUT2D eigenvalue weighted by atomic mass is 16.5. The molecular formula is C12H21NO3. The Hall–Kier alpha value is -0.610. The summed E-state index contributed by atoms with van der Waals surface area (Å²) in [4.78, 5) is 11.0. The number of carboxylic acids is 1. The van der Waals surface area contributed by atoms with E-state index in [-0.39, 0.29) is 18.1 Å². The molecule has 0 bridgehead atoms. The fraction of sp³-hybridized carbons (Fsp3) is 0.917. The van der Waals surface area contributed by atoms with Crippen molar-refractivity contribution >= 4 is 5.97 Å². The SMILES string of the molecule is CCCCOC1CCC2C(C(=O)O)NCC12. The molecule has 4 nitrogen and oxygen atoms in total. The zero-order valence-corrected chi connectivity index (χ0v) is 9.82. The lowest BCUT2D eigenvalue weighted by Crippen LogP contribution is -2.35. The van der Waals surface area contributed by atoms with Crippen LogP contribution < -0.4 is 5.32 Å². The highest BCUT2D eigenvalue weighted by Gasteiger charge is 2.47. The smallest absolute Gasteiger partial charge is 0.320 e. The van der Waals surface area contributed by atoms with Crippen molar-refractivity contribution in [3.05, 3.63) is 0 Å². The van der Waals surface area contributed by atoms with Crippen LogP contribution in [-0.2, 0) is 9.53 Å². The van der Waals surface area contributed by atoms with E-state index in [0.29, 0.717) is 5.92 Å². The van der Waals surface area contributed by atoms with Crippen LogP contribution in [0.4, 0.5) is 0 Å². The van der Waals surface area contributed by atoms with Gasteiger partial charge in [0.05, 0.1) is 6.10 Å². The number of carboxylic acid groups (broad SMARTS) is 1. The van der Waals surface area contributed by atoms with Gasteiger partial charge in [0, 0.05) is 19.1 Å². The van der Waals surface area contributed by atoms with Crippen LogP contribution in [0.5, 0.6) is 0 Å². The molecule has 1 aliphatic heterocycles. The van der Waals surface area contributed by atoms with Crippen LogP contribution in [0.15, 0.2) is 0 Å². The third-order valence-electron chi connectivity index (χ3n) is 3.91. The monoisotopic (exact) mass is 227 g/mol. The average molecular weight is 227 g/mol. The van der Waals surface area contributed by atoms with Crippen LogP contribution in [-0.4, -0.2) is 36.4 Å². The summed E-state index contributed by atoms with van der Waals surface area (Å²) < 4.78 is 5.85. The Balaban J connectivity index is 1.85. The Morgan fingerprint density at radius 1 is 1.44 bits per heavy atom. The third kappa shape index (κ3) is 2.23. The van der Waals surface area contributed by atoms with E-state index in [1.54, 1.807) is 0 Å². The van der Waals surface area contributed by atoms with Gasteiger partial charge in [-0.15, -0.1) is 0 Å². The van der Waals surface area contributed by atoms with Gasteiger partial charge in [0.1, 0.15) is 6.04 Å². The summed E-state index contributed by atoms with van der Waals surface area (Å²) in [6.45, 7) is 3.78. The van der Waals surface area contributed by atoms with Gasteiger partial charge in [-0.1, -0.05) is 13.3 Å². The lowest BCUT2D eigenvalue weighted by Gasteiger charge is -2.18.